The van der Waals surface area contributed by atoms with Crippen LogP contribution in [0.15, 0.2) is 89.7 Å². The number of nitrogens with zero attached hydrogens (tertiary/aromatic N) is 3. The molecule has 2 aromatic carbocycles. The van der Waals surface area contributed by atoms with Gasteiger partial charge in [0, 0.05) is 33.9 Å². The van der Waals surface area contributed by atoms with Gasteiger partial charge in [0.05, 0.1) is 11.7 Å². The highest BCUT2D eigenvalue weighted by atomic mass is 79.9. The predicted octanol–water partition coefficient (Wildman–Crippen LogP) is 6.26. The fourth-order valence-corrected chi connectivity index (χ4v) is 4.78. The number of nitrogens with one attached hydrogen (secondary N) is 1. The van der Waals surface area contributed by atoms with Crippen LogP contribution in [0.1, 0.15) is 29.0 Å². The highest BCUT2D eigenvalue weighted by Gasteiger charge is 2.42. The lowest BCUT2D eigenvalue weighted by molar-refractivity contribution is 0.549. The minimum absolute atomic E-state index is 0.151. The number of halogens is 2. The molecule has 0 bridgehead atoms. The Morgan fingerprint density at radius 3 is 2.50 bits per heavy atom. The topological polar surface area (TPSA) is 33.1 Å². The number of aromatic nitrogens is 2. The van der Waals surface area contributed by atoms with Crippen LogP contribution in [0.3, 0.4) is 0 Å². The van der Waals surface area contributed by atoms with Gasteiger partial charge in [-0.05, 0) is 91.4 Å². The smallest absolute Gasteiger partial charge is 0.174 e. The molecule has 4 aromatic rings. The maximum atomic E-state index is 13.6. The van der Waals surface area contributed by atoms with E-state index in [2.05, 4.69) is 60.8 Å². The zero-order chi connectivity index (χ0) is 22.2. The molecule has 4 nitrogen and oxygen atoms in total. The molecule has 0 unspecified atom stereocenters. The van der Waals surface area contributed by atoms with Gasteiger partial charge in [0.25, 0.3) is 0 Å². The van der Waals surface area contributed by atoms with Gasteiger partial charge >= 0.3 is 0 Å². The van der Waals surface area contributed by atoms with Crippen LogP contribution in [0.25, 0.3) is 5.69 Å². The summed E-state index contributed by atoms with van der Waals surface area (Å²) in [6.45, 7) is 2.06. The first-order valence-corrected chi connectivity index (χ1v) is 11.4. The fraction of sp³-hybridized carbons (Fsp3) is 0.120. The Balaban J connectivity index is 1.67. The standard InChI is InChI=1S/C25H20BrFN4S/c1-16-15-19(11-12-20(16)26)31-24(23(29-25(31)32)21-5-2-3-13-28-21)22-6-4-14-30(22)18-9-7-17(27)8-10-18/h2-15,23-24H,1H3,(H,29,32)/t23-,24+/m0/s1. The Morgan fingerprint density at radius 2 is 1.78 bits per heavy atom. The number of benzene rings is 2. The number of pyridine rings is 1. The van der Waals surface area contributed by atoms with Crippen LogP contribution in [0, 0.1) is 12.7 Å². The number of hydrogen-bond donors (Lipinski definition) is 1. The summed E-state index contributed by atoms with van der Waals surface area (Å²) in [7, 11) is 0. The number of rotatable bonds is 4. The molecule has 0 amide bonds. The van der Waals surface area contributed by atoms with E-state index in [-0.39, 0.29) is 17.9 Å². The van der Waals surface area contributed by atoms with Crippen LogP contribution in [0.2, 0.25) is 0 Å². The van der Waals surface area contributed by atoms with Gasteiger partial charge in [-0.2, -0.15) is 0 Å². The van der Waals surface area contributed by atoms with E-state index in [0.29, 0.717) is 5.11 Å². The second-order valence-corrected chi connectivity index (χ2v) is 8.95. The van der Waals surface area contributed by atoms with Crippen molar-refractivity contribution >= 4 is 38.9 Å². The molecule has 0 aliphatic carbocycles. The molecule has 7 heteroatoms. The quantitative estimate of drug-likeness (QED) is 0.331. The zero-order valence-electron chi connectivity index (χ0n) is 17.2. The SMILES string of the molecule is Cc1cc(N2C(=S)N[C@@H](c3ccccn3)[C@H]2c2cccn2-c2ccc(F)cc2)ccc1Br. The van der Waals surface area contributed by atoms with Crippen LogP contribution >= 0.6 is 28.1 Å². The Hall–Kier alpha value is -3.03. The van der Waals surface area contributed by atoms with E-state index >= 15 is 0 Å². The highest BCUT2D eigenvalue weighted by Crippen LogP contribution is 2.42. The Labute approximate surface area is 199 Å². The summed E-state index contributed by atoms with van der Waals surface area (Å²) >= 11 is 9.41. The Kier molecular flexibility index (Phi) is 5.53. The molecule has 1 aliphatic rings. The van der Waals surface area contributed by atoms with Crippen LogP contribution < -0.4 is 10.2 Å². The molecule has 1 saturated heterocycles. The Bertz CT molecular complexity index is 1270. The summed E-state index contributed by atoms with van der Waals surface area (Å²) in [5.41, 5.74) is 4.94. The largest absolute Gasteiger partial charge is 0.351 e. The van der Waals surface area contributed by atoms with Crippen LogP contribution in [0.4, 0.5) is 10.1 Å². The van der Waals surface area contributed by atoms with E-state index in [0.717, 1.165) is 32.8 Å². The third-order valence-electron chi connectivity index (χ3n) is 5.71. The molecule has 32 heavy (non-hydrogen) atoms. The summed E-state index contributed by atoms with van der Waals surface area (Å²) in [5, 5.41) is 4.13. The molecule has 1 N–H and O–H groups in total. The van der Waals surface area contributed by atoms with Crippen molar-refractivity contribution in [2.45, 2.75) is 19.0 Å². The molecule has 3 heterocycles. The molecular weight excluding hydrogens is 487 g/mol. The van der Waals surface area contributed by atoms with E-state index in [9.17, 15) is 4.39 Å². The average molecular weight is 507 g/mol. The van der Waals surface area contributed by atoms with Crippen molar-refractivity contribution in [2.75, 3.05) is 4.90 Å². The van der Waals surface area contributed by atoms with Gasteiger partial charge in [-0.15, -0.1) is 0 Å². The van der Waals surface area contributed by atoms with Gasteiger partial charge in [0.2, 0.25) is 0 Å². The zero-order valence-corrected chi connectivity index (χ0v) is 19.6. The van der Waals surface area contributed by atoms with E-state index in [1.54, 1.807) is 18.3 Å². The second kappa shape index (κ2) is 8.48. The predicted molar refractivity (Wildman–Crippen MR) is 133 cm³/mol. The molecule has 1 aliphatic heterocycles. The Morgan fingerprint density at radius 1 is 1.00 bits per heavy atom. The third-order valence-corrected chi connectivity index (χ3v) is 6.91. The van der Waals surface area contributed by atoms with Crippen molar-refractivity contribution in [1.29, 1.82) is 0 Å². The lowest BCUT2D eigenvalue weighted by Gasteiger charge is -2.29. The van der Waals surface area contributed by atoms with Crippen LogP contribution in [0.5, 0.6) is 0 Å². The maximum absolute atomic E-state index is 13.6. The van der Waals surface area contributed by atoms with E-state index in [4.69, 9.17) is 12.2 Å². The molecule has 0 saturated carbocycles. The summed E-state index contributed by atoms with van der Waals surface area (Å²) in [4.78, 5) is 6.76. The van der Waals surface area contributed by atoms with Crippen molar-refractivity contribution in [3.05, 3.63) is 112 Å². The van der Waals surface area contributed by atoms with Gasteiger partial charge in [0.1, 0.15) is 11.9 Å². The third kappa shape index (κ3) is 3.72. The molecule has 0 radical (unpaired) electrons. The maximum Gasteiger partial charge on any atom is 0.174 e. The molecule has 0 spiro atoms. The average Bonchev–Trinajstić information content (AvgIpc) is 3.41. The van der Waals surface area contributed by atoms with Crippen LogP contribution in [-0.2, 0) is 0 Å². The molecule has 160 valence electrons. The van der Waals surface area contributed by atoms with Crippen molar-refractivity contribution in [1.82, 2.24) is 14.9 Å². The van der Waals surface area contributed by atoms with E-state index in [1.807, 2.05) is 36.5 Å². The minimum Gasteiger partial charge on any atom is -0.351 e. The molecular formula is C25H20BrFN4S. The fourth-order valence-electron chi connectivity index (χ4n) is 4.18. The van der Waals surface area contributed by atoms with E-state index in [1.165, 1.54) is 12.1 Å². The number of hydrogen-bond acceptors (Lipinski definition) is 2. The van der Waals surface area contributed by atoms with Crippen molar-refractivity contribution in [3.8, 4) is 5.69 Å². The first kappa shape index (κ1) is 20.8. The van der Waals surface area contributed by atoms with Gasteiger partial charge in [-0.3, -0.25) is 4.98 Å². The van der Waals surface area contributed by atoms with Gasteiger partial charge in [0.15, 0.2) is 5.11 Å². The highest BCUT2D eigenvalue weighted by molar-refractivity contribution is 9.10. The summed E-state index contributed by atoms with van der Waals surface area (Å²) in [6, 6.07) is 22.4. The lowest BCUT2D eigenvalue weighted by atomic mass is 10.0. The normalized spacial score (nSPS) is 18.1. The van der Waals surface area contributed by atoms with Gasteiger partial charge < -0.3 is 14.8 Å². The van der Waals surface area contributed by atoms with Gasteiger partial charge in [-0.25, -0.2) is 4.39 Å². The number of anilines is 1. The number of aryl methyl sites for hydroxylation is 1. The minimum atomic E-state index is -0.260. The molecule has 2 atom stereocenters. The lowest BCUT2D eigenvalue weighted by Crippen LogP contribution is -2.30. The van der Waals surface area contributed by atoms with Crippen LogP contribution in [-0.4, -0.2) is 14.7 Å². The van der Waals surface area contributed by atoms with Gasteiger partial charge in [-0.1, -0.05) is 22.0 Å². The summed E-state index contributed by atoms with van der Waals surface area (Å²) in [6.07, 6.45) is 3.78. The number of thiocarbonyl (C=S) groups is 1. The summed E-state index contributed by atoms with van der Waals surface area (Å²) < 4.78 is 16.7. The van der Waals surface area contributed by atoms with Crippen molar-refractivity contribution in [2.24, 2.45) is 0 Å². The van der Waals surface area contributed by atoms with Crippen molar-refractivity contribution in [3.63, 3.8) is 0 Å². The molecule has 1 fully saturated rings. The first-order valence-electron chi connectivity index (χ1n) is 10.2. The molecule has 2 aromatic heterocycles. The molecule has 5 rings (SSSR count). The first-order chi connectivity index (χ1) is 15.5. The summed E-state index contributed by atoms with van der Waals surface area (Å²) in [5.74, 6) is -0.260. The monoisotopic (exact) mass is 506 g/mol. The van der Waals surface area contributed by atoms with E-state index < -0.39 is 0 Å². The second-order valence-electron chi connectivity index (χ2n) is 7.71. The van der Waals surface area contributed by atoms with Crippen molar-refractivity contribution < 1.29 is 4.39 Å².